The van der Waals surface area contributed by atoms with Gasteiger partial charge >= 0.3 is 5.97 Å². The van der Waals surface area contributed by atoms with Gasteiger partial charge in [0, 0.05) is 5.56 Å². The quantitative estimate of drug-likeness (QED) is 0.783. The molecule has 0 saturated carbocycles. The van der Waals surface area contributed by atoms with Crippen molar-refractivity contribution in [2.45, 2.75) is 12.5 Å². The van der Waals surface area contributed by atoms with Crippen LogP contribution in [-0.4, -0.2) is 44.4 Å². The molecule has 0 saturated heterocycles. The SMILES string of the molecule is COc1ccc(C(C)(NC(=O)c2cc(OC)c3c(c2)OCCO3)C(=O)O)cc1. The van der Waals surface area contributed by atoms with Crippen molar-refractivity contribution in [3.8, 4) is 23.0 Å². The van der Waals surface area contributed by atoms with E-state index >= 15 is 0 Å². The summed E-state index contributed by atoms with van der Waals surface area (Å²) in [5.41, 5.74) is -1.05. The van der Waals surface area contributed by atoms with Crippen molar-refractivity contribution < 1.29 is 33.6 Å². The van der Waals surface area contributed by atoms with E-state index in [0.29, 0.717) is 41.8 Å². The second kappa shape index (κ2) is 7.67. The predicted molar refractivity (Wildman–Crippen MR) is 99.4 cm³/mol. The fourth-order valence-electron chi connectivity index (χ4n) is 2.88. The van der Waals surface area contributed by atoms with Crippen LogP contribution in [0.25, 0.3) is 0 Å². The average molecular weight is 387 g/mol. The van der Waals surface area contributed by atoms with Crippen molar-refractivity contribution in [3.05, 3.63) is 47.5 Å². The number of carbonyl (C=O) groups excluding carboxylic acids is 1. The van der Waals surface area contributed by atoms with E-state index in [0.717, 1.165) is 0 Å². The molecule has 0 fully saturated rings. The summed E-state index contributed by atoms with van der Waals surface area (Å²) in [4.78, 5) is 24.8. The van der Waals surface area contributed by atoms with Crippen LogP contribution in [0.2, 0.25) is 0 Å². The predicted octanol–water partition coefficient (Wildman–Crippen LogP) is 2.20. The number of aliphatic carboxylic acids is 1. The molecular weight excluding hydrogens is 366 g/mol. The smallest absolute Gasteiger partial charge is 0.333 e. The van der Waals surface area contributed by atoms with Crippen LogP contribution in [0.3, 0.4) is 0 Å². The van der Waals surface area contributed by atoms with Crippen LogP contribution in [0.5, 0.6) is 23.0 Å². The monoisotopic (exact) mass is 387 g/mol. The number of carbonyl (C=O) groups is 2. The van der Waals surface area contributed by atoms with Crippen molar-refractivity contribution in [3.63, 3.8) is 0 Å². The Morgan fingerprint density at radius 3 is 2.36 bits per heavy atom. The molecular formula is C20H21NO7. The largest absolute Gasteiger partial charge is 0.497 e. The lowest BCUT2D eigenvalue weighted by Crippen LogP contribution is -2.49. The Morgan fingerprint density at radius 1 is 1.07 bits per heavy atom. The molecule has 1 amide bonds. The number of ether oxygens (including phenoxy) is 4. The minimum Gasteiger partial charge on any atom is -0.497 e. The van der Waals surface area contributed by atoms with Gasteiger partial charge in [-0.15, -0.1) is 0 Å². The Bertz CT molecular complexity index is 877. The summed E-state index contributed by atoms with van der Waals surface area (Å²) in [7, 11) is 2.97. The Labute approximate surface area is 162 Å². The highest BCUT2D eigenvalue weighted by Crippen LogP contribution is 2.40. The summed E-state index contributed by atoms with van der Waals surface area (Å²) in [6.07, 6.45) is 0. The van der Waals surface area contributed by atoms with E-state index in [-0.39, 0.29) is 5.56 Å². The summed E-state index contributed by atoms with van der Waals surface area (Å²) in [6.45, 7) is 2.15. The number of rotatable bonds is 6. The first-order valence-corrected chi connectivity index (χ1v) is 8.57. The summed E-state index contributed by atoms with van der Waals surface area (Å²) in [5.74, 6) is -0.0755. The Balaban J connectivity index is 1.93. The molecule has 1 aliphatic heterocycles. The van der Waals surface area contributed by atoms with Gasteiger partial charge in [0.15, 0.2) is 17.0 Å². The molecule has 0 aromatic heterocycles. The lowest BCUT2D eigenvalue weighted by Gasteiger charge is -2.27. The van der Waals surface area contributed by atoms with Crippen molar-refractivity contribution in [2.75, 3.05) is 27.4 Å². The van der Waals surface area contributed by atoms with Gasteiger partial charge in [-0.25, -0.2) is 4.79 Å². The first-order valence-electron chi connectivity index (χ1n) is 8.57. The zero-order chi connectivity index (χ0) is 20.3. The molecule has 2 aromatic carbocycles. The van der Waals surface area contributed by atoms with Gasteiger partial charge in [0.05, 0.1) is 14.2 Å². The number of amides is 1. The maximum absolute atomic E-state index is 12.9. The van der Waals surface area contributed by atoms with Crippen molar-refractivity contribution in [1.29, 1.82) is 0 Å². The van der Waals surface area contributed by atoms with Gasteiger partial charge in [0.1, 0.15) is 19.0 Å². The lowest BCUT2D eigenvalue weighted by molar-refractivity contribution is -0.144. The van der Waals surface area contributed by atoms with Gasteiger partial charge in [0.25, 0.3) is 5.91 Å². The van der Waals surface area contributed by atoms with Crippen LogP contribution in [0.4, 0.5) is 0 Å². The molecule has 0 spiro atoms. The normalized spacial score (nSPS) is 14.5. The lowest BCUT2D eigenvalue weighted by atomic mass is 9.91. The fraction of sp³-hybridized carbons (Fsp3) is 0.300. The average Bonchev–Trinajstić information content (AvgIpc) is 2.72. The summed E-state index contributed by atoms with van der Waals surface area (Å²) < 4.78 is 21.4. The highest BCUT2D eigenvalue weighted by molar-refractivity contribution is 5.99. The van der Waals surface area contributed by atoms with E-state index in [4.69, 9.17) is 18.9 Å². The van der Waals surface area contributed by atoms with Crippen LogP contribution < -0.4 is 24.3 Å². The van der Waals surface area contributed by atoms with Gasteiger partial charge in [-0.1, -0.05) is 12.1 Å². The van der Waals surface area contributed by atoms with Gasteiger partial charge in [-0.05, 0) is 36.8 Å². The second-order valence-corrected chi connectivity index (χ2v) is 6.32. The molecule has 1 heterocycles. The molecule has 2 aromatic rings. The molecule has 1 unspecified atom stereocenters. The highest BCUT2D eigenvalue weighted by Gasteiger charge is 2.37. The molecule has 0 aliphatic carbocycles. The standard InChI is InChI=1S/C20H21NO7/c1-20(19(23)24,13-4-6-14(25-2)7-5-13)21-18(22)12-10-15(26-3)17-16(11-12)27-8-9-28-17/h4-7,10-11H,8-9H2,1-3H3,(H,21,22)(H,23,24). The highest BCUT2D eigenvalue weighted by atomic mass is 16.6. The zero-order valence-electron chi connectivity index (χ0n) is 15.8. The molecule has 2 N–H and O–H groups in total. The molecule has 1 aliphatic rings. The van der Waals surface area contributed by atoms with E-state index in [1.54, 1.807) is 24.3 Å². The number of hydrogen-bond donors (Lipinski definition) is 2. The summed E-state index contributed by atoms with van der Waals surface area (Å²) in [6, 6.07) is 9.45. The molecule has 8 nitrogen and oxygen atoms in total. The number of fused-ring (bicyclic) bond motifs is 1. The maximum atomic E-state index is 12.9. The summed E-state index contributed by atoms with van der Waals surface area (Å²) >= 11 is 0. The second-order valence-electron chi connectivity index (χ2n) is 6.32. The van der Waals surface area contributed by atoms with Crippen LogP contribution in [-0.2, 0) is 10.3 Å². The number of carboxylic acids is 1. The number of nitrogens with one attached hydrogen (secondary N) is 1. The first kappa shape index (κ1) is 19.3. The van der Waals surface area contributed by atoms with Gasteiger partial charge < -0.3 is 29.4 Å². The zero-order valence-corrected chi connectivity index (χ0v) is 15.8. The van der Waals surface area contributed by atoms with Crippen LogP contribution in [0, 0.1) is 0 Å². The first-order chi connectivity index (χ1) is 13.4. The van der Waals surface area contributed by atoms with E-state index in [9.17, 15) is 14.7 Å². The van der Waals surface area contributed by atoms with Crippen LogP contribution >= 0.6 is 0 Å². The third-order valence-corrected chi connectivity index (χ3v) is 4.55. The van der Waals surface area contributed by atoms with E-state index in [2.05, 4.69) is 5.32 Å². The third kappa shape index (κ3) is 3.53. The maximum Gasteiger partial charge on any atom is 0.333 e. The number of benzene rings is 2. The fourth-order valence-corrected chi connectivity index (χ4v) is 2.88. The molecule has 0 radical (unpaired) electrons. The van der Waals surface area contributed by atoms with E-state index in [1.165, 1.54) is 33.3 Å². The van der Waals surface area contributed by atoms with Gasteiger partial charge in [0.2, 0.25) is 5.75 Å². The third-order valence-electron chi connectivity index (χ3n) is 4.55. The summed E-state index contributed by atoms with van der Waals surface area (Å²) in [5, 5.41) is 12.4. The van der Waals surface area contributed by atoms with E-state index < -0.39 is 17.4 Å². The van der Waals surface area contributed by atoms with Crippen LogP contribution in [0.15, 0.2) is 36.4 Å². The molecule has 28 heavy (non-hydrogen) atoms. The van der Waals surface area contributed by atoms with Gasteiger partial charge in [-0.3, -0.25) is 4.79 Å². The van der Waals surface area contributed by atoms with E-state index in [1.807, 2.05) is 0 Å². The number of carboxylic acid groups (broad SMARTS) is 1. The molecule has 8 heteroatoms. The molecule has 148 valence electrons. The van der Waals surface area contributed by atoms with Crippen molar-refractivity contribution in [2.24, 2.45) is 0 Å². The minimum absolute atomic E-state index is 0.196. The van der Waals surface area contributed by atoms with Gasteiger partial charge in [-0.2, -0.15) is 0 Å². The number of hydrogen-bond acceptors (Lipinski definition) is 6. The van der Waals surface area contributed by atoms with Crippen LogP contribution in [0.1, 0.15) is 22.8 Å². The molecule has 1 atom stereocenters. The Morgan fingerprint density at radius 2 is 1.75 bits per heavy atom. The Hall–Kier alpha value is -3.42. The number of methoxy groups -OCH3 is 2. The van der Waals surface area contributed by atoms with Crippen molar-refractivity contribution >= 4 is 11.9 Å². The Kier molecular flexibility index (Phi) is 5.30. The minimum atomic E-state index is -1.65. The van der Waals surface area contributed by atoms with Crippen molar-refractivity contribution in [1.82, 2.24) is 5.32 Å². The molecule has 0 bridgehead atoms. The topological polar surface area (TPSA) is 103 Å². The molecule has 3 rings (SSSR count).